The number of anilines is 1. The van der Waals surface area contributed by atoms with Gasteiger partial charge in [0, 0.05) is 43.2 Å². The fraction of sp³-hybridized carbons (Fsp3) is 0.560. The van der Waals surface area contributed by atoms with Gasteiger partial charge < -0.3 is 15.4 Å². The second kappa shape index (κ2) is 9.59. The maximum absolute atomic E-state index is 14.1. The van der Waals surface area contributed by atoms with E-state index in [9.17, 15) is 42.9 Å². The molecule has 1 aliphatic heterocycles. The normalized spacial score (nSPS) is 26.2. The van der Waals surface area contributed by atoms with Gasteiger partial charge in [0.2, 0.25) is 17.7 Å². The molecule has 0 bridgehead atoms. The molecule has 1 aromatic heterocycles. The van der Waals surface area contributed by atoms with Crippen molar-refractivity contribution in [2.75, 3.05) is 18.5 Å². The summed E-state index contributed by atoms with van der Waals surface area (Å²) in [6, 6.07) is -1.71. The molecule has 1 aromatic carbocycles. The van der Waals surface area contributed by atoms with E-state index in [1.807, 2.05) is 0 Å². The molecule has 1 unspecified atom stereocenters. The number of hydrogen-bond donors (Lipinski definition) is 3. The summed E-state index contributed by atoms with van der Waals surface area (Å²) in [5.41, 5.74) is -1.27. The average Bonchev–Trinajstić information content (AvgIpc) is 3.37. The number of imidazole rings is 1. The first-order chi connectivity index (χ1) is 18.6. The third kappa shape index (κ3) is 6.97. The summed E-state index contributed by atoms with van der Waals surface area (Å²) in [7, 11) is -8.51. The van der Waals surface area contributed by atoms with Crippen LogP contribution in [0.5, 0.6) is 0 Å². The van der Waals surface area contributed by atoms with Gasteiger partial charge >= 0.3 is 10.2 Å². The van der Waals surface area contributed by atoms with Gasteiger partial charge in [0.15, 0.2) is 6.04 Å². The first kappa shape index (κ1) is 31.1. The highest BCUT2D eigenvalue weighted by molar-refractivity contribution is 8.45. The van der Waals surface area contributed by atoms with Gasteiger partial charge in [-0.15, -0.1) is 0 Å². The molecule has 2 heterocycles. The zero-order valence-corrected chi connectivity index (χ0v) is 23.3. The molecule has 1 aliphatic carbocycles. The molecule has 2 aromatic rings. The second-order valence-corrected chi connectivity index (χ2v) is 13.7. The Morgan fingerprint density at radius 1 is 1.15 bits per heavy atom. The largest absolute Gasteiger partial charge is 0.389 e. The number of amides is 2. The number of aromatic nitrogens is 2. The van der Waals surface area contributed by atoms with E-state index in [0.29, 0.717) is 17.8 Å². The van der Waals surface area contributed by atoms with Crippen LogP contribution in [0.15, 0.2) is 35.5 Å². The molecule has 230 valence electrons. The lowest BCUT2D eigenvalue weighted by molar-refractivity contribution is -0.129. The van der Waals surface area contributed by atoms with Crippen LogP contribution in [0.25, 0.3) is 0 Å². The van der Waals surface area contributed by atoms with Gasteiger partial charge in [-0.3, -0.25) is 19.4 Å². The zero-order valence-electron chi connectivity index (χ0n) is 22.5. The molecular formula is C25H32F7N5O3S. The quantitative estimate of drug-likeness (QED) is 0.352. The molecule has 3 N–H and O–H groups in total. The molecule has 2 amide bonds. The van der Waals surface area contributed by atoms with E-state index in [4.69, 9.17) is 0 Å². The molecule has 0 radical (unpaired) electrons. The fourth-order valence-corrected chi connectivity index (χ4v) is 6.11. The van der Waals surface area contributed by atoms with Crippen molar-refractivity contribution < 1.29 is 42.9 Å². The molecule has 2 aliphatic rings. The molecular weight excluding hydrogens is 583 g/mol. The Kier molecular flexibility index (Phi) is 7.27. The lowest BCUT2D eigenvalue weighted by Crippen LogP contribution is -2.52. The number of β-amino-alcohol motifs (C(OH)–C–C–N with tert-alkyl or cyclic N) is 1. The predicted octanol–water partition coefficient (Wildman–Crippen LogP) is 5.60. The Bertz CT molecular complexity index is 1310. The Balaban J connectivity index is 1.79. The topological polar surface area (TPSA) is 102 Å². The lowest BCUT2D eigenvalue weighted by atomic mass is 9.92. The van der Waals surface area contributed by atoms with Crippen molar-refractivity contribution >= 4 is 27.7 Å². The number of benzene rings is 1. The van der Waals surface area contributed by atoms with Crippen molar-refractivity contribution in [3.05, 3.63) is 42.0 Å². The van der Waals surface area contributed by atoms with Crippen LogP contribution in [-0.4, -0.2) is 69.0 Å². The summed E-state index contributed by atoms with van der Waals surface area (Å²) in [5, 5.41) is 13.2. The van der Waals surface area contributed by atoms with E-state index in [1.165, 1.54) is 32.1 Å². The maximum Gasteiger partial charge on any atom is 0.310 e. The van der Waals surface area contributed by atoms with Crippen LogP contribution in [-0.2, 0) is 9.59 Å². The summed E-state index contributed by atoms with van der Waals surface area (Å²) in [6.07, 6.45) is 0.110. The molecule has 1 saturated heterocycles. The maximum atomic E-state index is 14.1. The summed E-state index contributed by atoms with van der Waals surface area (Å²) in [6.45, 7) is 3.09. The van der Waals surface area contributed by atoms with Gasteiger partial charge in [0.05, 0.1) is 23.7 Å². The van der Waals surface area contributed by atoms with E-state index in [2.05, 4.69) is 15.3 Å². The number of aryl methyl sites for hydroxylation is 1. The molecule has 8 nitrogen and oxygen atoms in total. The Morgan fingerprint density at radius 2 is 1.73 bits per heavy atom. The highest BCUT2D eigenvalue weighted by atomic mass is 32.5. The highest BCUT2D eigenvalue weighted by Gasteiger charge is 2.65. The van der Waals surface area contributed by atoms with Crippen LogP contribution in [0.1, 0.15) is 56.5 Å². The molecule has 2 fully saturated rings. The number of likely N-dealkylation sites (N-methyl/N-ethyl adjacent to an activating group) is 1. The third-order valence-electron chi connectivity index (χ3n) is 7.54. The van der Waals surface area contributed by atoms with Crippen LogP contribution in [0.2, 0.25) is 0 Å². The number of nitrogens with one attached hydrogen (secondary N) is 2. The number of carbonyl (C=O) groups is 2. The van der Waals surface area contributed by atoms with Gasteiger partial charge in [-0.2, -0.15) is 0 Å². The summed E-state index contributed by atoms with van der Waals surface area (Å²) < 4.78 is 94.7. The van der Waals surface area contributed by atoms with Crippen molar-refractivity contribution in [1.82, 2.24) is 20.2 Å². The van der Waals surface area contributed by atoms with Crippen molar-refractivity contribution in [3.8, 4) is 0 Å². The van der Waals surface area contributed by atoms with Crippen molar-refractivity contribution in [1.29, 1.82) is 0 Å². The Labute approximate surface area is 232 Å². The van der Waals surface area contributed by atoms with Gasteiger partial charge in [-0.05, 0) is 58.0 Å². The number of carbonyl (C=O) groups excluding carboxylic acids is 2. The summed E-state index contributed by atoms with van der Waals surface area (Å²) in [4.78, 5) is 35.0. The number of rotatable bonds is 7. The summed E-state index contributed by atoms with van der Waals surface area (Å²) in [5.74, 6) is -4.52. The number of H-pyrrole nitrogens is 1. The second-order valence-electron chi connectivity index (χ2n) is 11.3. The molecule has 1 saturated carbocycles. The monoisotopic (exact) mass is 615 g/mol. The highest BCUT2D eigenvalue weighted by Crippen LogP contribution is 3.02. The third-order valence-corrected chi connectivity index (χ3v) is 8.70. The standard InChI is InChI=1S/C25H32F7N5O3S/c1-15-20(34-14-33-15)21(22(38)35-16-8-10-25(26,27)11-9-16)37(23(39)19-12-24(2,40)13-36(19)3)17-4-6-18(7-5-17)41(28,29,30,31)32/h4-7,14,16,19,21,40H,8-13H2,1-3H3,(H,33,34)(H,35,38)/t19-,21?,24-/m1/s1. The number of halogens is 7. The average molecular weight is 616 g/mol. The van der Waals surface area contributed by atoms with Crippen molar-refractivity contribution in [3.63, 3.8) is 0 Å². The Hall–Kier alpha value is -2.85. The molecule has 41 heavy (non-hydrogen) atoms. The first-order valence-electron chi connectivity index (χ1n) is 12.8. The van der Waals surface area contributed by atoms with Crippen LogP contribution < -0.4 is 10.2 Å². The van der Waals surface area contributed by atoms with E-state index in [-0.39, 0.29) is 49.3 Å². The van der Waals surface area contributed by atoms with Crippen molar-refractivity contribution in [2.24, 2.45) is 0 Å². The minimum absolute atomic E-state index is 0.0150. The van der Waals surface area contributed by atoms with Gasteiger partial charge in [0.25, 0.3) is 0 Å². The smallest absolute Gasteiger partial charge is 0.310 e. The molecule has 0 spiro atoms. The number of likely N-dealkylation sites (tertiary alicyclic amines) is 1. The van der Waals surface area contributed by atoms with Gasteiger partial charge in [-0.25, -0.2) is 13.8 Å². The van der Waals surface area contributed by atoms with E-state index in [0.717, 1.165) is 4.90 Å². The molecule has 16 heteroatoms. The minimum atomic E-state index is -10.1. The number of aromatic amines is 1. The van der Waals surface area contributed by atoms with Crippen molar-refractivity contribution in [2.45, 2.75) is 80.5 Å². The zero-order chi connectivity index (χ0) is 30.7. The number of alkyl halides is 2. The van der Waals surface area contributed by atoms with Gasteiger partial charge in [-0.1, -0.05) is 19.4 Å². The minimum Gasteiger partial charge on any atom is -0.389 e. The molecule has 4 rings (SSSR count). The molecule has 3 atom stereocenters. The van der Waals surface area contributed by atoms with Crippen LogP contribution in [0, 0.1) is 6.92 Å². The van der Waals surface area contributed by atoms with E-state index >= 15 is 0 Å². The van der Waals surface area contributed by atoms with Gasteiger partial charge in [0.1, 0.15) is 4.90 Å². The lowest BCUT2D eigenvalue weighted by Gasteiger charge is -2.41. The van der Waals surface area contributed by atoms with E-state index < -0.39 is 69.4 Å². The number of aliphatic hydroxyl groups is 1. The summed E-state index contributed by atoms with van der Waals surface area (Å²) >= 11 is 0. The van der Waals surface area contributed by atoms with Crippen LogP contribution in [0.3, 0.4) is 0 Å². The first-order valence-corrected chi connectivity index (χ1v) is 14.8. The van der Waals surface area contributed by atoms with Crippen LogP contribution in [0.4, 0.5) is 33.9 Å². The Morgan fingerprint density at radius 3 is 2.20 bits per heavy atom. The number of nitrogens with zero attached hydrogens (tertiary/aromatic N) is 3. The van der Waals surface area contributed by atoms with Crippen LogP contribution >= 0.6 is 10.2 Å². The van der Waals surface area contributed by atoms with E-state index in [1.54, 1.807) is 0 Å². The predicted molar refractivity (Wildman–Crippen MR) is 138 cm³/mol. The SMILES string of the molecule is Cc1[nH]cnc1C(C(=O)NC1CCC(F)(F)CC1)N(C(=O)[C@H]1C[C@@](C)(O)CN1C)c1ccc(S(F)(F)(F)(F)F)cc1. The number of hydrogen-bond acceptors (Lipinski definition) is 5. The fourth-order valence-electron chi connectivity index (χ4n) is 5.46.